The Morgan fingerprint density at radius 3 is 2.56 bits per heavy atom. The van der Waals surface area contributed by atoms with Crippen LogP contribution in [0.3, 0.4) is 0 Å². The van der Waals surface area contributed by atoms with E-state index in [9.17, 15) is 9.59 Å². The van der Waals surface area contributed by atoms with Gasteiger partial charge in [-0.15, -0.1) is 0 Å². The van der Waals surface area contributed by atoms with Gasteiger partial charge in [0.05, 0.1) is 13.0 Å². The van der Waals surface area contributed by atoms with Crippen LogP contribution in [0.1, 0.15) is 26.7 Å². The van der Waals surface area contributed by atoms with Gasteiger partial charge in [0.15, 0.2) is 0 Å². The van der Waals surface area contributed by atoms with E-state index in [1.165, 1.54) is 7.11 Å². The Kier molecular flexibility index (Phi) is 5.59. The molecule has 5 nitrogen and oxygen atoms in total. The molecule has 2 atom stereocenters. The molecule has 18 heavy (non-hydrogen) atoms. The van der Waals surface area contributed by atoms with Crippen LogP contribution in [0.15, 0.2) is 0 Å². The van der Waals surface area contributed by atoms with E-state index in [0.717, 1.165) is 19.5 Å². The smallest absolute Gasteiger partial charge is 0.328 e. The molecule has 1 aliphatic rings. The first-order chi connectivity index (χ1) is 8.43. The Morgan fingerprint density at radius 1 is 1.44 bits per heavy atom. The first kappa shape index (κ1) is 15.0. The van der Waals surface area contributed by atoms with Crippen molar-refractivity contribution in [1.82, 2.24) is 10.2 Å². The number of carbonyl (C=O) groups excluding carboxylic acids is 2. The number of amides is 1. The van der Waals surface area contributed by atoms with Gasteiger partial charge in [-0.3, -0.25) is 4.79 Å². The average Bonchev–Trinajstić information content (AvgIpc) is 2.73. The third-order valence-corrected chi connectivity index (χ3v) is 3.27. The quantitative estimate of drug-likeness (QED) is 0.733. The normalized spacial score (nSPS) is 21.9. The van der Waals surface area contributed by atoms with E-state index in [2.05, 4.69) is 10.2 Å². The summed E-state index contributed by atoms with van der Waals surface area (Å²) in [5.74, 6) is -0.0613. The first-order valence-electron chi connectivity index (χ1n) is 6.50. The van der Waals surface area contributed by atoms with Gasteiger partial charge < -0.3 is 15.0 Å². The molecule has 0 aliphatic carbocycles. The first-order valence-corrected chi connectivity index (χ1v) is 6.50. The highest BCUT2D eigenvalue weighted by molar-refractivity contribution is 5.86. The van der Waals surface area contributed by atoms with Gasteiger partial charge >= 0.3 is 5.97 Å². The van der Waals surface area contributed by atoms with Crippen LogP contribution in [0.4, 0.5) is 0 Å². The number of nitrogens with one attached hydrogen (secondary N) is 1. The van der Waals surface area contributed by atoms with Crippen molar-refractivity contribution >= 4 is 11.9 Å². The number of hydrogen-bond donors (Lipinski definition) is 1. The van der Waals surface area contributed by atoms with Gasteiger partial charge in [-0.2, -0.15) is 0 Å². The summed E-state index contributed by atoms with van der Waals surface area (Å²) in [5.41, 5.74) is 0. The van der Waals surface area contributed by atoms with Crippen LogP contribution in [0.2, 0.25) is 0 Å². The van der Waals surface area contributed by atoms with E-state index in [-0.39, 0.29) is 17.8 Å². The van der Waals surface area contributed by atoms with Gasteiger partial charge in [0.25, 0.3) is 0 Å². The number of methoxy groups -OCH3 is 1. The van der Waals surface area contributed by atoms with E-state index in [1.807, 2.05) is 20.9 Å². The molecule has 2 unspecified atom stereocenters. The minimum absolute atomic E-state index is 0.00526. The van der Waals surface area contributed by atoms with Crippen molar-refractivity contribution in [2.45, 2.75) is 32.7 Å². The molecule has 0 bridgehead atoms. The number of esters is 1. The maximum atomic E-state index is 12.1. The lowest BCUT2D eigenvalue weighted by atomic mass is 10.0. The Bertz CT molecular complexity index is 305. The number of likely N-dealkylation sites (tertiary alicyclic amines) is 1. The summed E-state index contributed by atoms with van der Waals surface area (Å²) in [4.78, 5) is 25.8. The van der Waals surface area contributed by atoms with Crippen LogP contribution in [0.25, 0.3) is 0 Å². The second-order valence-electron chi connectivity index (χ2n) is 5.46. The topological polar surface area (TPSA) is 58.6 Å². The second kappa shape index (κ2) is 6.73. The molecule has 1 rings (SSSR count). The number of ether oxygens (including phenoxy) is 1. The van der Waals surface area contributed by atoms with Crippen molar-refractivity contribution < 1.29 is 14.3 Å². The Labute approximate surface area is 109 Å². The highest BCUT2D eigenvalue weighted by atomic mass is 16.5. The third-order valence-electron chi connectivity index (χ3n) is 3.27. The minimum atomic E-state index is -0.520. The average molecular weight is 256 g/mol. The van der Waals surface area contributed by atoms with Gasteiger partial charge in [-0.25, -0.2) is 4.79 Å². The second-order valence-corrected chi connectivity index (χ2v) is 5.46. The van der Waals surface area contributed by atoms with Crippen LogP contribution in [-0.4, -0.2) is 50.1 Å². The van der Waals surface area contributed by atoms with Crippen molar-refractivity contribution in [3.63, 3.8) is 0 Å². The number of hydrogen-bond acceptors (Lipinski definition) is 4. The lowest BCUT2D eigenvalue weighted by Gasteiger charge is -2.20. The van der Waals surface area contributed by atoms with Crippen LogP contribution < -0.4 is 5.32 Å². The fourth-order valence-electron chi connectivity index (χ4n) is 2.27. The SMILES string of the molecule is COC(=O)C(CC(C)C)NC(=O)C1CCN(C)C1. The van der Waals surface area contributed by atoms with Gasteiger partial charge in [-0.05, 0) is 32.4 Å². The molecular formula is C13H24N2O3. The number of nitrogens with zero attached hydrogens (tertiary/aromatic N) is 1. The lowest BCUT2D eigenvalue weighted by molar-refractivity contribution is -0.146. The molecule has 0 saturated carbocycles. The third kappa shape index (κ3) is 4.29. The number of rotatable bonds is 5. The molecule has 1 heterocycles. The summed E-state index contributed by atoms with van der Waals surface area (Å²) in [6, 6.07) is -0.520. The fourth-order valence-corrected chi connectivity index (χ4v) is 2.27. The van der Waals surface area contributed by atoms with E-state index in [4.69, 9.17) is 4.74 Å². The molecule has 0 radical (unpaired) electrons. The van der Waals surface area contributed by atoms with E-state index in [1.54, 1.807) is 0 Å². The summed E-state index contributed by atoms with van der Waals surface area (Å²) in [7, 11) is 3.35. The Balaban J connectivity index is 2.54. The van der Waals surface area contributed by atoms with Gasteiger partial charge in [0.2, 0.25) is 5.91 Å². The molecule has 1 fully saturated rings. The van der Waals surface area contributed by atoms with Crippen molar-refractivity contribution in [3.05, 3.63) is 0 Å². The zero-order chi connectivity index (χ0) is 13.7. The van der Waals surface area contributed by atoms with Crippen LogP contribution in [0, 0.1) is 11.8 Å². The summed E-state index contributed by atoms with van der Waals surface area (Å²) in [6.45, 7) is 5.74. The van der Waals surface area contributed by atoms with Crippen molar-refractivity contribution in [3.8, 4) is 0 Å². The fraction of sp³-hybridized carbons (Fsp3) is 0.846. The molecular weight excluding hydrogens is 232 g/mol. The monoisotopic (exact) mass is 256 g/mol. The van der Waals surface area contributed by atoms with Crippen LogP contribution in [0.5, 0.6) is 0 Å². The largest absolute Gasteiger partial charge is 0.467 e. The highest BCUT2D eigenvalue weighted by Crippen LogP contribution is 2.15. The van der Waals surface area contributed by atoms with E-state index < -0.39 is 6.04 Å². The van der Waals surface area contributed by atoms with Crippen LogP contribution >= 0.6 is 0 Å². The molecule has 5 heteroatoms. The molecule has 0 aromatic carbocycles. The standard InChI is InChI=1S/C13H24N2O3/c1-9(2)7-11(13(17)18-4)14-12(16)10-5-6-15(3)8-10/h9-11H,5-8H2,1-4H3,(H,14,16). The van der Waals surface area contributed by atoms with Crippen LogP contribution in [-0.2, 0) is 14.3 Å². The summed E-state index contributed by atoms with van der Waals surface area (Å²) >= 11 is 0. The Morgan fingerprint density at radius 2 is 2.11 bits per heavy atom. The van der Waals surface area contributed by atoms with Crippen molar-refractivity contribution in [2.75, 3.05) is 27.2 Å². The zero-order valence-electron chi connectivity index (χ0n) is 11.7. The molecule has 0 aromatic rings. The maximum Gasteiger partial charge on any atom is 0.328 e. The molecule has 0 spiro atoms. The zero-order valence-corrected chi connectivity index (χ0v) is 11.7. The molecule has 1 saturated heterocycles. The van der Waals surface area contributed by atoms with Crippen molar-refractivity contribution in [1.29, 1.82) is 0 Å². The lowest BCUT2D eigenvalue weighted by Crippen LogP contribution is -2.45. The molecule has 1 N–H and O–H groups in total. The summed E-state index contributed by atoms with van der Waals surface area (Å²) in [5, 5.41) is 2.82. The van der Waals surface area contributed by atoms with Gasteiger partial charge in [0, 0.05) is 6.54 Å². The van der Waals surface area contributed by atoms with Gasteiger partial charge in [-0.1, -0.05) is 13.8 Å². The minimum Gasteiger partial charge on any atom is -0.467 e. The highest BCUT2D eigenvalue weighted by Gasteiger charge is 2.30. The molecule has 0 aromatic heterocycles. The van der Waals surface area contributed by atoms with Gasteiger partial charge in [0.1, 0.15) is 6.04 Å². The van der Waals surface area contributed by atoms with Crippen molar-refractivity contribution in [2.24, 2.45) is 11.8 Å². The number of carbonyl (C=O) groups is 2. The molecule has 1 aliphatic heterocycles. The predicted molar refractivity (Wildman–Crippen MR) is 69.0 cm³/mol. The van der Waals surface area contributed by atoms with E-state index in [0.29, 0.717) is 12.3 Å². The maximum absolute atomic E-state index is 12.1. The summed E-state index contributed by atoms with van der Waals surface area (Å²) in [6.07, 6.45) is 1.47. The molecule has 104 valence electrons. The van der Waals surface area contributed by atoms with E-state index >= 15 is 0 Å². The predicted octanol–water partition coefficient (Wildman–Crippen LogP) is 0.642. The summed E-state index contributed by atoms with van der Waals surface area (Å²) < 4.78 is 4.73. The Hall–Kier alpha value is -1.10. The molecule has 1 amide bonds.